The van der Waals surface area contributed by atoms with Gasteiger partial charge in [-0.15, -0.1) is 0 Å². The van der Waals surface area contributed by atoms with Crippen LogP contribution in [0.25, 0.3) is 0 Å². The Hall–Kier alpha value is -1.82. The summed E-state index contributed by atoms with van der Waals surface area (Å²) in [5.74, 6) is -0.970. The van der Waals surface area contributed by atoms with Gasteiger partial charge in [0.25, 0.3) is 5.91 Å². The second-order valence-corrected chi connectivity index (χ2v) is 4.43. The van der Waals surface area contributed by atoms with Gasteiger partial charge in [0.2, 0.25) is 0 Å². The van der Waals surface area contributed by atoms with Crippen LogP contribution in [0.2, 0.25) is 0 Å². The summed E-state index contributed by atoms with van der Waals surface area (Å²) in [4.78, 5) is 19.6. The fourth-order valence-electron chi connectivity index (χ4n) is 1.39. The Balaban J connectivity index is 2.21. The summed E-state index contributed by atoms with van der Waals surface area (Å²) in [5, 5.41) is 2.65. The smallest absolute Gasteiger partial charge is 0.257 e. The number of nitrogens with zero attached hydrogens (tertiary/aromatic N) is 2. The summed E-state index contributed by atoms with van der Waals surface area (Å²) in [7, 11) is 0. The molecule has 0 spiro atoms. The number of nitrogens with one attached hydrogen (secondary N) is 1. The van der Waals surface area contributed by atoms with E-state index in [1.165, 1.54) is 6.20 Å². The van der Waals surface area contributed by atoms with E-state index in [0.29, 0.717) is 16.0 Å². The molecule has 0 aliphatic carbocycles. The van der Waals surface area contributed by atoms with E-state index in [2.05, 4.69) is 31.2 Å². The average Bonchev–Trinajstić information content (AvgIpc) is 2.32. The van der Waals surface area contributed by atoms with Crippen LogP contribution in [0, 0.1) is 12.7 Å². The van der Waals surface area contributed by atoms with Gasteiger partial charge in [-0.05, 0) is 41.1 Å². The van der Waals surface area contributed by atoms with Gasteiger partial charge in [-0.2, -0.15) is 0 Å². The first-order valence-corrected chi connectivity index (χ1v) is 5.90. The molecule has 2 aromatic heterocycles. The summed E-state index contributed by atoms with van der Waals surface area (Å²) >= 11 is 3.23. The van der Waals surface area contributed by atoms with Crippen molar-refractivity contribution in [2.45, 2.75) is 6.92 Å². The second kappa shape index (κ2) is 5.22. The zero-order valence-corrected chi connectivity index (χ0v) is 11.0. The highest BCUT2D eigenvalue weighted by atomic mass is 79.9. The van der Waals surface area contributed by atoms with Crippen molar-refractivity contribution in [3.05, 3.63) is 52.3 Å². The van der Waals surface area contributed by atoms with Crippen LogP contribution >= 0.6 is 15.9 Å². The zero-order chi connectivity index (χ0) is 13.1. The predicted molar refractivity (Wildman–Crippen MR) is 68.8 cm³/mol. The number of hydrogen-bond acceptors (Lipinski definition) is 3. The third-order valence-corrected chi connectivity index (χ3v) is 2.71. The quantitative estimate of drug-likeness (QED) is 0.868. The highest BCUT2D eigenvalue weighted by Crippen LogP contribution is 2.17. The van der Waals surface area contributed by atoms with E-state index < -0.39 is 11.7 Å². The minimum absolute atomic E-state index is 0.164. The molecule has 0 radical (unpaired) electrons. The number of carbonyl (C=O) groups is 1. The Labute approximate surface area is 111 Å². The molecule has 0 saturated heterocycles. The van der Waals surface area contributed by atoms with Gasteiger partial charge in [0.1, 0.15) is 10.4 Å². The van der Waals surface area contributed by atoms with Crippen LogP contribution in [0.1, 0.15) is 16.1 Å². The van der Waals surface area contributed by atoms with Gasteiger partial charge in [0.15, 0.2) is 0 Å². The zero-order valence-electron chi connectivity index (χ0n) is 9.45. The molecule has 92 valence electrons. The summed E-state index contributed by atoms with van der Waals surface area (Å²) in [6.45, 7) is 1.77. The fourth-order valence-corrected chi connectivity index (χ4v) is 1.79. The molecule has 0 saturated carbocycles. The first-order valence-electron chi connectivity index (χ1n) is 5.11. The molecular formula is C12H9BrFN3O. The number of hydrogen-bond donors (Lipinski definition) is 1. The lowest BCUT2D eigenvalue weighted by Gasteiger charge is -2.07. The third kappa shape index (κ3) is 2.89. The lowest BCUT2D eigenvalue weighted by Crippen LogP contribution is -2.13. The molecular weight excluding hydrogens is 301 g/mol. The van der Waals surface area contributed by atoms with E-state index in [1.54, 1.807) is 19.1 Å². The van der Waals surface area contributed by atoms with Gasteiger partial charge in [0.05, 0.1) is 23.1 Å². The predicted octanol–water partition coefficient (Wildman–Crippen LogP) is 2.94. The molecule has 0 fully saturated rings. The molecule has 0 unspecified atom stereocenters. The molecule has 0 aliphatic rings. The largest absolute Gasteiger partial charge is 0.320 e. The Morgan fingerprint density at radius 3 is 2.83 bits per heavy atom. The number of amides is 1. The van der Waals surface area contributed by atoms with Gasteiger partial charge in [-0.25, -0.2) is 9.37 Å². The summed E-state index contributed by atoms with van der Waals surface area (Å²) in [6, 6.07) is 4.56. The average molecular weight is 310 g/mol. The standard InChI is InChI=1S/C12H9BrFN3O/c1-7-10(2-3-11(13)16-7)17-12(18)8-4-9(14)6-15-5-8/h2-6H,1H3,(H,17,18). The van der Waals surface area contributed by atoms with Crippen molar-refractivity contribution in [3.8, 4) is 0 Å². The number of aryl methyl sites for hydroxylation is 1. The number of halogens is 2. The molecule has 6 heteroatoms. The van der Waals surface area contributed by atoms with E-state index in [0.717, 1.165) is 12.3 Å². The van der Waals surface area contributed by atoms with Crippen molar-refractivity contribution in [2.75, 3.05) is 5.32 Å². The van der Waals surface area contributed by atoms with Crippen LogP contribution in [-0.4, -0.2) is 15.9 Å². The summed E-state index contributed by atoms with van der Waals surface area (Å²) < 4.78 is 13.6. The Bertz CT molecular complexity index is 604. The lowest BCUT2D eigenvalue weighted by atomic mass is 10.2. The molecule has 1 N–H and O–H groups in total. The van der Waals surface area contributed by atoms with E-state index in [1.807, 2.05) is 0 Å². The monoisotopic (exact) mass is 309 g/mol. The van der Waals surface area contributed by atoms with E-state index in [9.17, 15) is 9.18 Å². The Kier molecular flexibility index (Phi) is 3.66. The maximum atomic E-state index is 12.9. The molecule has 4 nitrogen and oxygen atoms in total. The van der Waals surface area contributed by atoms with Gasteiger partial charge in [-0.1, -0.05) is 0 Å². The fraction of sp³-hybridized carbons (Fsp3) is 0.0833. The van der Waals surface area contributed by atoms with Crippen LogP contribution in [-0.2, 0) is 0 Å². The van der Waals surface area contributed by atoms with Crippen molar-refractivity contribution in [1.29, 1.82) is 0 Å². The van der Waals surface area contributed by atoms with Gasteiger partial charge >= 0.3 is 0 Å². The minimum atomic E-state index is -0.548. The van der Waals surface area contributed by atoms with Crippen molar-refractivity contribution in [2.24, 2.45) is 0 Å². The second-order valence-electron chi connectivity index (χ2n) is 3.61. The van der Waals surface area contributed by atoms with E-state index >= 15 is 0 Å². The maximum absolute atomic E-state index is 12.9. The normalized spacial score (nSPS) is 10.2. The SMILES string of the molecule is Cc1nc(Br)ccc1NC(=O)c1cncc(F)c1. The Morgan fingerprint density at radius 1 is 1.39 bits per heavy atom. The summed E-state index contributed by atoms with van der Waals surface area (Å²) in [6.07, 6.45) is 2.35. The topological polar surface area (TPSA) is 54.9 Å². The molecule has 1 amide bonds. The number of pyridine rings is 2. The summed E-state index contributed by atoms with van der Waals surface area (Å²) in [5.41, 5.74) is 1.41. The number of anilines is 1. The van der Waals surface area contributed by atoms with Gasteiger partial charge in [-0.3, -0.25) is 9.78 Å². The molecule has 0 aliphatic heterocycles. The molecule has 2 heterocycles. The molecule has 2 rings (SSSR count). The van der Waals surface area contributed by atoms with Crippen LogP contribution < -0.4 is 5.32 Å². The van der Waals surface area contributed by atoms with Crippen molar-refractivity contribution in [1.82, 2.24) is 9.97 Å². The van der Waals surface area contributed by atoms with E-state index in [-0.39, 0.29) is 5.56 Å². The van der Waals surface area contributed by atoms with Gasteiger partial charge in [0, 0.05) is 6.20 Å². The van der Waals surface area contributed by atoms with Crippen molar-refractivity contribution in [3.63, 3.8) is 0 Å². The molecule has 2 aromatic rings. The van der Waals surface area contributed by atoms with Crippen molar-refractivity contribution >= 4 is 27.5 Å². The first-order chi connectivity index (χ1) is 8.56. The van der Waals surface area contributed by atoms with Crippen molar-refractivity contribution < 1.29 is 9.18 Å². The van der Waals surface area contributed by atoms with Crippen LogP contribution in [0.5, 0.6) is 0 Å². The maximum Gasteiger partial charge on any atom is 0.257 e. The molecule has 0 bridgehead atoms. The van der Waals surface area contributed by atoms with Crippen LogP contribution in [0.3, 0.4) is 0 Å². The number of aromatic nitrogens is 2. The molecule has 0 aromatic carbocycles. The third-order valence-electron chi connectivity index (χ3n) is 2.27. The Morgan fingerprint density at radius 2 is 2.17 bits per heavy atom. The highest BCUT2D eigenvalue weighted by Gasteiger charge is 2.09. The lowest BCUT2D eigenvalue weighted by molar-refractivity contribution is 0.102. The first kappa shape index (κ1) is 12.6. The highest BCUT2D eigenvalue weighted by molar-refractivity contribution is 9.10. The molecule has 18 heavy (non-hydrogen) atoms. The molecule has 0 atom stereocenters. The minimum Gasteiger partial charge on any atom is -0.320 e. The van der Waals surface area contributed by atoms with Crippen LogP contribution in [0.15, 0.2) is 35.2 Å². The van der Waals surface area contributed by atoms with Gasteiger partial charge < -0.3 is 5.32 Å². The van der Waals surface area contributed by atoms with Crippen LogP contribution in [0.4, 0.5) is 10.1 Å². The number of carbonyl (C=O) groups excluding carboxylic acids is 1. The number of rotatable bonds is 2. The van der Waals surface area contributed by atoms with E-state index in [4.69, 9.17) is 0 Å².